The fraction of sp³-hybridized carbons (Fsp3) is 0.545. The standard InChI is InChI=1S/C11H17N3O2S/c1-9-3-4-11(13-7-9)17(15,16)14-6-5-12-8-10(14)2/h3-4,7,10,12H,5-6,8H2,1-2H3. The molecule has 0 saturated carbocycles. The van der Waals surface area contributed by atoms with E-state index in [0.29, 0.717) is 19.6 Å². The van der Waals surface area contributed by atoms with E-state index >= 15 is 0 Å². The van der Waals surface area contributed by atoms with Gasteiger partial charge in [0.1, 0.15) is 0 Å². The molecule has 1 N–H and O–H groups in total. The molecule has 0 bridgehead atoms. The van der Waals surface area contributed by atoms with Crippen LogP contribution in [0.5, 0.6) is 0 Å². The lowest BCUT2D eigenvalue weighted by Crippen LogP contribution is -2.52. The first-order valence-corrected chi connectivity index (χ1v) is 7.11. The summed E-state index contributed by atoms with van der Waals surface area (Å²) in [6.07, 6.45) is 1.58. The molecule has 5 nitrogen and oxygen atoms in total. The Balaban J connectivity index is 2.32. The Labute approximate surface area is 102 Å². The third-order valence-corrected chi connectivity index (χ3v) is 4.83. The molecule has 0 radical (unpaired) electrons. The zero-order chi connectivity index (χ0) is 12.5. The number of aromatic nitrogens is 1. The van der Waals surface area contributed by atoms with Crippen LogP contribution < -0.4 is 5.32 Å². The van der Waals surface area contributed by atoms with Crippen LogP contribution in [0.4, 0.5) is 0 Å². The molecule has 1 aromatic heterocycles. The Bertz CT molecular complexity index is 484. The van der Waals surface area contributed by atoms with E-state index < -0.39 is 10.0 Å². The van der Waals surface area contributed by atoms with Crippen LogP contribution in [0.15, 0.2) is 23.4 Å². The second-order valence-electron chi connectivity index (χ2n) is 4.34. The van der Waals surface area contributed by atoms with Gasteiger partial charge in [-0.2, -0.15) is 4.31 Å². The number of aryl methyl sites for hydroxylation is 1. The van der Waals surface area contributed by atoms with Crippen LogP contribution in [-0.2, 0) is 10.0 Å². The lowest BCUT2D eigenvalue weighted by molar-refractivity contribution is 0.283. The van der Waals surface area contributed by atoms with Crippen molar-refractivity contribution in [2.24, 2.45) is 0 Å². The minimum atomic E-state index is -3.45. The molecular weight excluding hydrogens is 238 g/mol. The number of hydrogen-bond donors (Lipinski definition) is 1. The third kappa shape index (κ3) is 2.48. The maximum atomic E-state index is 12.3. The molecule has 2 heterocycles. The molecule has 1 atom stereocenters. The molecule has 0 aromatic carbocycles. The second kappa shape index (κ2) is 4.72. The van der Waals surface area contributed by atoms with E-state index in [1.54, 1.807) is 18.3 Å². The Morgan fingerprint density at radius 1 is 1.47 bits per heavy atom. The molecule has 1 aliphatic heterocycles. The average molecular weight is 255 g/mol. The van der Waals surface area contributed by atoms with E-state index in [0.717, 1.165) is 5.56 Å². The van der Waals surface area contributed by atoms with Gasteiger partial charge in [-0.3, -0.25) is 0 Å². The van der Waals surface area contributed by atoms with Gasteiger partial charge in [0.2, 0.25) is 0 Å². The fourth-order valence-electron chi connectivity index (χ4n) is 1.91. The fourth-order valence-corrected chi connectivity index (χ4v) is 3.45. The lowest BCUT2D eigenvalue weighted by atomic mass is 10.3. The number of nitrogens with zero attached hydrogens (tertiary/aromatic N) is 2. The quantitative estimate of drug-likeness (QED) is 0.829. The summed E-state index contributed by atoms with van der Waals surface area (Å²) in [5.41, 5.74) is 0.956. The first-order valence-electron chi connectivity index (χ1n) is 5.67. The highest BCUT2D eigenvalue weighted by Gasteiger charge is 2.31. The van der Waals surface area contributed by atoms with Crippen molar-refractivity contribution in [3.63, 3.8) is 0 Å². The summed E-state index contributed by atoms with van der Waals surface area (Å²) in [5.74, 6) is 0. The molecule has 1 fully saturated rings. The van der Waals surface area contributed by atoms with E-state index in [9.17, 15) is 8.42 Å². The summed E-state index contributed by atoms with van der Waals surface area (Å²) < 4.78 is 26.2. The zero-order valence-electron chi connectivity index (χ0n) is 10.0. The molecule has 2 rings (SSSR count). The summed E-state index contributed by atoms with van der Waals surface area (Å²) >= 11 is 0. The Morgan fingerprint density at radius 3 is 2.82 bits per heavy atom. The molecule has 94 valence electrons. The minimum absolute atomic E-state index is 0.0307. The normalized spacial score (nSPS) is 22.6. The Kier molecular flexibility index (Phi) is 3.46. The van der Waals surface area contributed by atoms with Crippen LogP contribution in [-0.4, -0.2) is 43.4 Å². The first-order chi connectivity index (χ1) is 8.01. The highest BCUT2D eigenvalue weighted by Crippen LogP contribution is 2.17. The van der Waals surface area contributed by atoms with Crippen molar-refractivity contribution < 1.29 is 8.42 Å². The van der Waals surface area contributed by atoms with Crippen LogP contribution in [0, 0.1) is 6.92 Å². The smallest absolute Gasteiger partial charge is 0.260 e. The third-order valence-electron chi connectivity index (χ3n) is 2.90. The van der Waals surface area contributed by atoms with Crippen LogP contribution in [0.1, 0.15) is 12.5 Å². The van der Waals surface area contributed by atoms with Crippen LogP contribution >= 0.6 is 0 Å². The molecule has 6 heteroatoms. The molecule has 1 saturated heterocycles. The van der Waals surface area contributed by atoms with E-state index in [1.807, 2.05) is 13.8 Å². The van der Waals surface area contributed by atoms with Gasteiger partial charge in [-0.15, -0.1) is 0 Å². The monoisotopic (exact) mass is 255 g/mol. The Morgan fingerprint density at radius 2 is 2.24 bits per heavy atom. The molecule has 1 aromatic rings. The summed E-state index contributed by atoms with van der Waals surface area (Å²) in [6, 6.07) is 3.31. The largest absolute Gasteiger partial charge is 0.314 e. The summed E-state index contributed by atoms with van der Waals surface area (Å²) in [4.78, 5) is 4.01. The van der Waals surface area contributed by atoms with Crippen LogP contribution in [0.25, 0.3) is 0 Å². The van der Waals surface area contributed by atoms with Crippen LogP contribution in [0.2, 0.25) is 0 Å². The van der Waals surface area contributed by atoms with Gasteiger partial charge in [0.15, 0.2) is 5.03 Å². The Hall–Kier alpha value is -0.980. The highest BCUT2D eigenvalue weighted by atomic mass is 32.2. The molecule has 0 spiro atoms. The van der Waals surface area contributed by atoms with Gasteiger partial charge < -0.3 is 5.32 Å². The van der Waals surface area contributed by atoms with Crippen molar-refractivity contribution in [3.8, 4) is 0 Å². The van der Waals surface area contributed by atoms with Gasteiger partial charge in [0, 0.05) is 31.9 Å². The van der Waals surface area contributed by atoms with Gasteiger partial charge in [-0.25, -0.2) is 13.4 Å². The summed E-state index contributed by atoms with van der Waals surface area (Å²) in [6.45, 7) is 5.66. The maximum absolute atomic E-state index is 12.3. The summed E-state index contributed by atoms with van der Waals surface area (Å²) in [5, 5.41) is 3.31. The minimum Gasteiger partial charge on any atom is -0.314 e. The predicted octanol–water partition coefficient (Wildman–Crippen LogP) is 0.372. The lowest BCUT2D eigenvalue weighted by Gasteiger charge is -2.32. The van der Waals surface area contributed by atoms with Gasteiger partial charge >= 0.3 is 0 Å². The van der Waals surface area contributed by atoms with Crippen molar-refractivity contribution in [3.05, 3.63) is 23.9 Å². The predicted molar refractivity (Wildman–Crippen MR) is 65.2 cm³/mol. The molecule has 0 aliphatic carbocycles. The first kappa shape index (κ1) is 12.5. The van der Waals surface area contributed by atoms with Gasteiger partial charge in [0.25, 0.3) is 10.0 Å². The maximum Gasteiger partial charge on any atom is 0.260 e. The van der Waals surface area contributed by atoms with Crippen LogP contribution in [0.3, 0.4) is 0 Å². The SMILES string of the molecule is Cc1ccc(S(=O)(=O)N2CCNCC2C)nc1. The van der Waals surface area contributed by atoms with Gasteiger partial charge in [-0.05, 0) is 25.5 Å². The number of rotatable bonds is 2. The van der Waals surface area contributed by atoms with Gasteiger partial charge in [0.05, 0.1) is 0 Å². The molecule has 17 heavy (non-hydrogen) atoms. The van der Waals surface area contributed by atoms with Crippen molar-refractivity contribution in [2.45, 2.75) is 24.9 Å². The van der Waals surface area contributed by atoms with Crippen molar-refractivity contribution in [1.29, 1.82) is 0 Å². The van der Waals surface area contributed by atoms with E-state index in [1.165, 1.54) is 4.31 Å². The number of hydrogen-bond acceptors (Lipinski definition) is 4. The zero-order valence-corrected chi connectivity index (χ0v) is 10.9. The van der Waals surface area contributed by atoms with E-state index in [2.05, 4.69) is 10.3 Å². The average Bonchev–Trinajstić information content (AvgIpc) is 2.30. The van der Waals surface area contributed by atoms with Crippen molar-refractivity contribution >= 4 is 10.0 Å². The number of pyridine rings is 1. The number of sulfonamides is 1. The molecule has 1 aliphatic rings. The molecule has 1 unspecified atom stereocenters. The van der Waals surface area contributed by atoms with Gasteiger partial charge in [-0.1, -0.05) is 6.07 Å². The molecule has 0 amide bonds. The number of nitrogens with one attached hydrogen (secondary N) is 1. The number of piperazine rings is 1. The molecular formula is C11H17N3O2S. The van der Waals surface area contributed by atoms with E-state index in [4.69, 9.17) is 0 Å². The topological polar surface area (TPSA) is 62.3 Å². The van der Waals surface area contributed by atoms with E-state index in [-0.39, 0.29) is 11.1 Å². The summed E-state index contributed by atoms with van der Waals surface area (Å²) in [7, 11) is -3.45. The van der Waals surface area contributed by atoms with Crippen molar-refractivity contribution in [2.75, 3.05) is 19.6 Å². The van der Waals surface area contributed by atoms with Crippen molar-refractivity contribution in [1.82, 2.24) is 14.6 Å². The highest BCUT2D eigenvalue weighted by molar-refractivity contribution is 7.89. The second-order valence-corrected chi connectivity index (χ2v) is 6.18.